The number of hydrogen-bond acceptors (Lipinski definition) is 8. The summed E-state index contributed by atoms with van der Waals surface area (Å²) in [4.78, 5) is 12.2. The quantitative estimate of drug-likeness (QED) is 0.473. The van der Waals surface area contributed by atoms with Gasteiger partial charge in [0.25, 0.3) is 0 Å². The number of halogens is 2. The van der Waals surface area contributed by atoms with Gasteiger partial charge in [-0.15, -0.1) is 25.2 Å². The third kappa shape index (κ3) is 5.22. The molecule has 3 aromatic rings. The van der Waals surface area contributed by atoms with Crippen LogP contribution in [0.25, 0.3) is 11.5 Å². The van der Waals surface area contributed by atoms with Crippen molar-refractivity contribution in [2.24, 2.45) is 0 Å². The van der Waals surface area contributed by atoms with Gasteiger partial charge in [0.2, 0.25) is 11.7 Å². The van der Waals surface area contributed by atoms with Gasteiger partial charge in [-0.1, -0.05) is 6.92 Å². The van der Waals surface area contributed by atoms with Crippen LogP contribution in [0, 0.1) is 5.82 Å². The first kappa shape index (κ1) is 20.6. The maximum Gasteiger partial charge on any atom is 0.330 e. The summed E-state index contributed by atoms with van der Waals surface area (Å²) in [7, 11) is 0. The number of carboxylic acid groups (broad SMARTS) is 1. The van der Waals surface area contributed by atoms with E-state index in [1.807, 2.05) is 0 Å². The molecule has 0 aliphatic carbocycles. The largest absolute Gasteiger partial charge is 0.489 e. The van der Waals surface area contributed by atoms with Crippen molar-refractivity contribution in [3.8, 4) is 23.1 Å². The summed E-state index contributed by atoms with van der Waals surface area (Å²) in [6.07, 6.45) is 0.317. The normalized spacial score (nSPS) is 11.8. The molecule has 1 aromatic carbocycles. The van der Waals surface area contributed by atoms with Crippen molar-refractivity contribution in [2.45, 2.75) is 19.4 Å². The fourth-order valence-corrected chi connectivity index (χ4v) is 2.66. The fraction of sp³-hybridized carbons (Fsp3) is 0.294. The van der Waals surface area contributed by atoms with E-state index in [0.29, 0.717) is 22.3 Å². The Morgan fingerprint density at radius 3 is 2.69 bits per heavy atom. The zero-order valence-corrected chi connectivity index (χ0v) is 16.8. The number of ether oxygens (including phenoxy) is 2. The van der Waals surface area contributed by atoms with Crippen molar-refractivity contribution in [3.05, 3.63) is 40.6 Å². The Labute approximate surface area is 172 Å². The molecule has 12 heteroatoms. The van der Waals surface area contributed by atoms with E-state index in [1.165, 1.54) is 12.1 Å². The van der Waals surface area contributed by atoms with E-state index in [1.54, 1.807) is 25.1 Å². The highest BCUT2D eigenvalue weighted by molar-refractivity contribution is 9.10. The van der Waals surface area contributed by atoms with Gasteiger partial charge in [-0.2, -0.15) is 0 Å². The van der Waals surface area contributed by atoms with Gasteiger partial charge in [0.1, 0.15) is 30.5 Å². The van der Waals surface area contributed by atoms with Gasteiger partial charge >= 0.3 is 5.97 Å². The highest BCUT2D eigenvalue weighted by Crippen LogP contribution is 2.25. The SMILES string of the molecule is CCC(C(=O)O)n1nnc(-c2ccc(OCCOc3cc(F)ccc3Br)nn2)n1. The molecule has 0 saturated carbocycles. The van der Waals surface area contributed by atoms with Crippen molar-refractivity contribution in [1.82, 2.24) is 30.4 Å². The minimum absolute atomic E-state index is 0.156. The zero-order chi connectivity index (χ0) is 20.8. The average Bonchev–Trinajstić information content (AvgIpc) is 3.18. The number of tetrazole rings is 1. The van der Waals surface area contributed by atoms with Gasteiger partial charge in [-0.25, -0.2) is 9.18 Å². The standard InChI is InChI=1S/C17H16BrFN6O4/c1-2-13(17(26)27)25-23-16(22-24-25)12-5-6-15(21-20-12)29-8-7-28-14-9-10(19)3-4-11(14)18/h3-6,9,13H,2,7-8H2,1H3,(H,26,27). The lowest BCUT2D eigenvalue weighted by Gasteiger charge is -2.09. The minimum atomic E-state index is -1.04. The van der Waals surface area contributed by atoms with Crippen molar-refractivity contribution in [1.29, 1.82) is 0 Å². The third-order valence-corrected chi connectivity index (χ3v) is 4.39. The van der Waals surface area contributed by atoms with Gasteiger partial charge in [0.15, 0.2) is 6.04 Å². The molecule has 1 atom stereocenters. The molecular weight excluding hydrogens is 451 g/mol. The maximum atomic E-state index is 13.2. The molecule has 10 nitrogen and oxygen atoms in total. The number of hydrogen-bond donors (Lipinski definition) is 1. The summed E-state index contributed by atoms with van der Waals surface area (Å²) < 4.78 is 24.7. The summed E-state index contributed by atoms with van der Waals surface area (Å²) >= 11 is 3.27. The lowest BCUT2D eigenvalue weighted by atomic mass is 10.2. The smallest absolute Gasteiger partial charge is 0.330 e. The van der Waals surface area contributed by atoms with Crippen LogP contribution in [0.1, 0.15) is 19.4 Å². The lowest BCUT2D eigenvalue weighted by Crippen LogP contribution is -2.20. The van der Waals surface area contributed by atoms with Gasteiger partial charge in [0.05, 0.1) is 4.47 Å². The lowest BCUT2D eigenvalue weighted by molar-refractivity contribution is -0.141. The van der Waals surface area contributed by atoms with Gasteiger partial charge in [-0.3, -0.25) is 0 Å². The second kappa shape index (κ2) is 9.37. The Balaban J connectivity index is 1.54. The first-order valence-electron chi connectivity index (χ1n) is 8.55. The molecule has 0 saturated heterocycles. The average molecular weight is 467 g/mol. The predicted molar refractivity (Wildman–Crippen MR) is 101 cm³/mol. The van der Waals surface area contributed by atoms with Crippen LogP contribution in [-0.4, -0.2) is 54.7 Å². The van der Waals surface area contributed by atoms with E-state index in [2.05, 4.69) is 41.5 Å². The van der Waals surface area contributed by atoms with Crippen molar-refractivity contribution in [3.63, 3.8) is 0 Å². The molecule has 0 amide bonds. The summed E-state index contributed by atoms with van der Waals surface area (Å²) in [5, 5.41) is 28.6. The number of nitrogens with zero attached hydrogens (tertiary/aromatic N) is 6. The second-order valence-electron chi connectivity index (χ2n) is 5.72. The molecule has 0 spiro atoms. The summed E-state index contributed by atoms with van der Waals surface area (Å²) in [5.41, 5.74) is 0.323. The predicted octanol–water partition coefficient (Wildman–Crippen LogP) is 2.53. The van der Waals surface area contributed by atoms with Gasteiger partial charge in [0, 0.05) is 12.1 Å². The number of carboxylic acids is 1. The molecule has 0 bridgehead atoms. The van der Waals surface area contributed by atoms with E-state index in [4.69, 9.17) is 14.6 Å². The number of aliphatic carboxylic acids is 1. The summed E-state index contributed by atoms with van der Waals surface area (Å²) in [6.45, 7) is 2.06. The van der Waals surface area contributed by atoms with Gasteiger partial charge < -0.3 is 14.6 Å². The number of rotatable bonds is 9. The van der Waals surface area contributed by atoms with Crippen LogP contribution in [0.3, 0.4) is 0 Å². The minimum Gasteiger partial charge on any atom is -0.489 e. The molecule has 1 N–H and O–H groups in total. The Morgan fingerprint density at radius 2 is 2.00 bits per heavy atom. The first-order valence-corrected chi connectivity index (χ1v) is 9.34. The van der Waals surface area contributed by atoms with Crippen molar-refractivity contribution < 1.29 is 23.8 Å². The molecule has 0 aliphatic rings. The monoisotopic (exact) mass is 466 g/mol. The third-order valence-electron chi connectivity index (χ3n) is 3.73. The van der Waals surface area contributed by atoms with E-state index in [-0.39, 0.29) is 24.9 Å². The fourth-order valence-electron chi connectivity index (χ4n) is 2.30. The Kier molecular flexibility index (Phi) is 6.65. The summed E-state index contributed by atoms with van der Waals surface area (Å²) in [5.74, 6) is -0.664. The Bertz CT molecular complexity index is 984. The van der Waals surface area contributed by atoms with Crippen LogP contribution in [0.4, 0.5) is 4.39 Å². The molecule has 1 unspecified atom stereocenters. The Morgan fingerprint density at radius 1 is 1.21 bits per heavy atom. The molecule has 0 radical (unpaired) electrons. The molecular formula is C17H16BrFN6O4. The van der Waals surface area contributed by atoms with Crippen LogP contribution in [0.5, 0.6) is 11.6 Å². The van der Waals surface area contributed by atoms with E-state index >= 15 is 0 Å². The molecule has 0 aliphatic heterocycles. The molecule has 2 heterocycles. The number of carbonyl (C=O) groups is 1. The number of aromatic nitrogens is 6. The van der Waals surface area contributed by atoms with Crippen LogP contribution in [0.2, 0.25) is 0 Å². The van der Waals surface area contributed by atoms with Crippen LogP contribution in [0.15, 0.2) is 34.8 Å². The van der Waals surface area contributed by atoms with Crippen LogP contribution in [-0.2, 0) is 4.79 Å². The highest BCUT2D eigenvalue weighted by atomic mass is 79.9. The molecule has 29 heavy (non-hydrogen) atoms. The molecule has 0 fully saturated rings. The topological polar surface area (TPSA) is 125 Å². The van der Waals surface area contributed by atoms with E-state index in [9.17, 15) is 9.18 Å². The second-order valence-corrected chi connectivity index (χ2v) is 6.58. The molecule has 3 rings (SSSR count). The van der Waals surface area contributed by atoms with Crippen molar-refractivity contribution in [2.75, 3.05) is 13.2 Å². The Hall–Kier alpha value is -3.15. The molecule has 2 aromatic heterocycles. The van der Waals surface area contributed by atoms with Crippen LogP contribution >= 0.6 is 15.9 Å². The molecule has 152 valence electrons. The van der Waals surface area contributed by atoms with E-state index < -0.39 is 17.8 Å². The number of benzene rings is 1. The van der Waals surface area contributed by atoms with Crippen LogP contribution < -0.4 is 9.47 Å². The van der Waals surface area contributed by atoms with Gasteiger partial charge in [-0.05, 0) is 45.8 Å². The maximum absolute atomic E-state index is 13.2. The summed E-state index contributed by atoms with van der Waals surface area (Å²) in [6, 6.07) is 6.39. The van der Waals surface area contributed by atoms with E-state index in [0.717, 1.165) is 4.80 Å². The highest BCUT2D eigenvalue weighted by Gasteiger charge is 2.21. The zero-order valence-electron chi connectivity index (χ0n) is 15.2. The van der Waals surface area contributed by atoms with Crippen molar-refractivity contribution >= 4 is 21.9 Å². The first-order chi connectivity index (χ1) is 14.0.